The molecule has 1 aliphatic heterocycles. The molecule has 1 radical (unpaired) electrons. The van der Waals surface area contributed by atoms with Gasteiger partial charge in [-0.2, -0.15) is 0 Å². The molecule has 1 heterocycles. The van der Waals surface area contributed by atoms with E-state index in [1.165, 1.54) is 0 Å². The summed E-state index contributed by atoms with van der Waals surface area (Å²) in [7, 11) is 0. The van der Waals surface area contributed by atoms with Crippen molar-refractivity contribution in [3.05, 3.63) is 6.92 Å². The van der Waals surface area contributed by atoms with E-state index in [2.05, 4.69) is 12.2 Å². The number of carbonyl (C=O) groups is 1. The van der Waals surface area contributed by atoms with E-state index >= 15 is 0 Å². The Bertz CT molecular complexity index is 214. The highest BCUT2D eigenvalue weighted by atomic mass is 16.6. The highest BCUT2D eigenvalue weighted by molar-refractivity contribution is 5.68. The minimum absolute atomic E-state index is 0.0536. The van der Waals surface area contributed by atoms with E-state index in [4.69, 9.17) is 9.47 Å². The summed E-state index contributed by atoms with van der Waals surface area (Å²) in [6.45, 7) is 9.86. The molecule has 1 N–H and O–H groups in total. The SMILES string of the molecule is [CH2][C@H]1CC[C@@H](NC(=O)OC(C)(C)C)CO1. The average Bonchev–Trinajstić information content (AvgIpc) is 2.05. The zero-order valence-corrected chi connectivity index (χ0v) is 9.71. The topological polar surface area (TPSA) is 47.6 Å². The van der Waals surface area contributed by atoms with Crippen LogP contribution < -0.4 is 5.32 Å². The van der Waals surface area contributed by atoms with Crippen molar-refractivity contribution < 1.29 is 14.3 Å². The largest absolute Gasteiger partial charge is 0.444 e. The van der Waals surface area contributed by atoms with E-state index in [1.54, 1.807) is 0 Å². The van der Waals surface area contributed by atoms with Gasteiger partial charge in [-0.1, -0.05) is 0 Å². The maximum atomic E-state index is 11.4. The zero-order chi connectivity index (χ0) is 11.5. The summed E-state index contributed by atoms with van der Waals surface area (Å²) in [6.07, 6.45) is 1.45. The molecular weight excluding hydrogens is 194 g/mol. The summed E-state index contributed by atoms with van der Waals surface area (Å²) in [6, 6.07) is 0.0536. The number of hydrogen-bond acceptors (Lipinski definition) is 3. The first kappa shape index (κ1) is 12.3. The highest BCUT2D eigenvalue weighted by Gasteiger charge is 2.23. The quantitative estimate of drug-likeness (QED) is 0.725. The maximum Gasteiger partial charge on any atom is 0.407 e. The minimum atomic E-state index is -0.450. The van der Waals surface area contributed by atoms with E-state index in [0.29, 0.717) is 6.61 Å². The molecule has 1 amide bonds. The fourth-order valence-electron chi connectivity index (χ4n) is 1.39. The maximum absolute atomic E-state index is 11.4. The first-order chi connectivity index (χ1) is 6.87. The van der Waals surface area contributed by atoms with Crippen LogP contribution >= 0.6 is 0 Å². The molecule has 0 aromatic rings. The van der Waals surface area contributed by atoms with Gasteiger partial charge in [-0.05, 0) is 40.5 Å². The fraction of sp³-hybridized carbons (Fsp3) is 0.818. The molecule has 87 valence electrons. The molecule has 0 spiro atoms. The molecule has 0 aromatic heterocycles. The Hall–Kier alpha value is -0.770. The van der Waals surface area contributed by atoms with Crippen LogP contribution in [0.3, 0.4) is 0 Å². The lowest BCUT2D eigenvalue weighted by Crippen LogP contribution is -2.44. The van der Waals surface area contributed by atoms with Crippen molar-refractivity contribution in [2.45, 2.75) is 51.4 Å². The molecule has 0 unspecified atom stereocenters. The van der Waals surface area contributed by atoms with Gasteiger partial charge < -0.3 is 14.8 Å². The Morgan fingerprint density at radius 1 is 1.47 bits per heavy atom. The van der Waals surface area contributed by atoms with E-state index in [0.717, 1.165) is 12.8 Å². The molecule has 1 saturated heterocycles. The predicted molar refractivity (Wildman–Crippen MR) is 57.5 cm³/mol. The Balaban J connectivity index is 2.27. The third-order valence-corrected chi connectivity index (χ3v) is 2.09. The van der Waals surface area contributed by atoms with Gasteiger partial charge in [0.1, 0.15) is 5.60 Å². The smallest absolute Gasteiger partial charge is 0.407 e. The van der Waals surface area contributed by atoms with Crippen molar-refractivity contribution >= 4 is 6.09 Å². The lowest BCUT2D eigenvalue weighted by Gasteiger charge is -2.28. The molecule has 0 aromatic carbocycles. The van der Waals surface area contributed by atoms with Crippen molar-refractivity contribution in [3.8, 4) is 0 Å². The van der Waals surface area contributed by atoms with Gasteiger partial charge >= 0.3 is 6.09 Å². The molecule has 0 saturated carbocycles. The van der Waals surface area contributed by atoms with Crippen LogP contribution in [0.2, 0.25) is 0 Å². The van der Waals surface area contributed by atoms with E-state index in [-0.39, 0.29) is 18.2 Å². The second-order valence-corrected chi connectivity index (χ2v) is 4.88. The fourth-order valence-corrected chi connectivity index (χ4v) is 1.39. The first-order valence-electron chi connectivity index (χ1n) is 5.31. The Morgan fingerprint density at radius 2 is 2.13 bits per heavy atom. The lowest BCUT2D eigenvalue weighted by molar-refractivity contribution is 0.0122. The van der Waals surface area contributed by atoms with Crippen LogP contribution in [0.15, 0.2) is 0 Å². The van der Waals surface area contributed by atoms with Crippen LogP contribution in [-0.4, -0.2) is 30.4 Å². The van der Waals surface area contributed by atoms with Crippen molar-refractivity contribution in [1.29, 1.82) is 0 Å². The third-order valence-electron chi connectivity index (χ3n) is 2.09. The van der Waals surface area contributed by atoms with Gasteiger partial charge in [0.25, 0.3) is 0 Å². The summed E-state index contributed by atoms with van der Waals surface area (Å²) in [5.41, 5.74) is -0.450. The van der Waals surface area contributed by atoms with Crippen LogP contribution in [0.1, 0.15) is 33.6 Å². The number of hydrogen-bond donors (Lipinski definition) is 1. The van der Waals surface area contributed by atoms with Gasteiger partial charge in [-0.25, -0.2) is 4.79 Å². The number of carbonyl (C=O) groups excluding carboxylic acids is 1. The Morgan fingerprint density at radius 3 is 2.60 bits per heavy atom. The Kier molecular flexibility index (Phi) is 3.97. The molecule has 0 bridgehead atoms. The molecule has 15 heavy (non-hydrogen) atoms. The minimum Gasteiger partial charge on any atom is -0.444 e. The van der Waals surface area contributed by atoms with E-state index in [1.807, 2.05) is 20.8 Å². The number of rotatable bonds is 1. The molecule has 1 aliphatic rings. The van der Waals surface area contributed by atoms with Gasteiger partial charge in [0.05, 0.1) is 18.8 Å². The van der Waals surface area contributed by atoms with Crippen LogP contribution in [0.25, 0.3) is 0 Å². The molecule has 4 heteroatoms. The molecular formula is C11H20NO3. The first-order valence-corrected chi connectivity index (χ1v) is 5.31. The summed E-state index contributed by atoms with van der Waals surface area (Å²) in [4.78, 5) is 11.4. The highest BCUT2D eigenvalue weighted by Crippen LogP contribution is 2.13. The van der Waals surface area contributed by atoms with Crippen LogP contribution in [0.4, 0.5) is 4.79 Å². The van der Waals surface area contributed by atoms with Crippen LogP contribution in [0.5, 0.6) is 0 Å². The lowest BCUT2D eigenvalue weighted by atomic mass is 10.1. The van der Waals surface area contributed by atoms with Crippen molar-refractivity contribution in [3.63, 3.8) is 0 Å². The van der Waals surface area contributed by atoms with Crippen molar-refractivity contribution in [1.82, 2.24) is 5.32 Å². The zero-order valence-electron chi connectivity index (χ0n) is 9.71. The van der Waals surface area contributed by atoms with Crippen LogP contribution in [-0.2, 0) is 9.47 Å². The van der Waals surface area contributed by atoms with Gasteiger partial charge in [-0.15, -0.1) is 0 Å². The number of nitrogens with one attached hydrogen (secondary N) is 1. The average molecular weight is 214 g/mol. The van der Waals surface area contributed by atoms with Crippen molar-refractivity contribution in [2.24, 2.45) is 0 Å². The molecule has 0 aliphatic carbocycles. The molecule has 4 nitrogen and oxygen atoms in total. The summed E-state index contributed by atoms with van der Waals surface area (Å²) < 4.78 is 10.5. The van der Waals surface area contributed by atoms with E-state index < -0.39 is 5.60 Å². The summed E-state index contributed by atoms with van der Waals surface area (Å²) in [5, 5.41) is 2.78. The van der Waals surface area contributed by atoms with Gasteiger partial charge in [0.2, 0.25) is 0 Å². The second kappa shape index (κ2) is 4.84. The molecule has 2 atom stereocenters. The standard InChI is InChI=1S/C11H20NO3/c1-8-5-6-9(7-14-8)12-10(13)15-11(2,3)4/h8-9H,1,5-7H2,2-4H3,(H,12,13)/t8-,9+/m0/s1. The molecule has 1 fully saturated rings. The molecule has 1 rings (SSSR count). The number of ether oxygens (including phenoxy) is 2. The second-order valence-electron chi connectivity index (χ2n) is 4.88. The summed E-state index contributed by atoms with van der Waals surface area (Å²) in [5.74, 6) is 0. The van der Waals surface area contributed by atoms with Gasteiger partial charge in [0.15, 0.2) is 0 Å². The third kappa shape index (κ3) is 5.02. The van der Waals surface area contributed by atoms with E-state index in [9.17, 15) is 4.79 Å². The Labute approximate surface area is 91.3 Å². The monoisotopic (exact) mass is 214 g/mol. The van der Waals surface area contributed by atoms with Crippen molar-refractivity contribution in [2.75, 3.05) is 6.61 Å². The van der Waals surface area contributed by atoms with Gasteiger partial charge in [-0.3, -0.25) is 0 Å². The van der Waals surface area contributed by atoms with Crippen LogP contribution in [0, 0.1) is 6.92 Å². The predicted octanol–water partition coefficient (Wildman–Crippen LogP) is 1.89. The number of amides is 1. The normalized spacial score (nSPS) is 27.2. The summed E-state index contributed by atoms with van der Waals surface area (Å²) >= 11 is 0. The van der Waals surface area contributed by atoms with Gasteiger partial charge in [0, 0.05) is 0 Å². The number of alkyl carbamates (subject to hydrolysis) is 1.